The summed E-state index contributed by atoms with van der Waals surface area (Å²) in [5.74, 6) is -1.69. The van der Waals surface area contributed by atoms with Crippen LogP contribution in [0.1, 0.15) is 24.1 Å². The van der Waals surface area contributed by atoms with Crippen molar-refractivity contribution in [1.29, 1.82) is 0 Å². The molecule has 1 aromatic heterocycles. The van der Waals surface area contributed by atoms with Gasteiger partial charge in [-0.1, -0.05) is 18.2 Å². The van der Waals surface area contributed by atoms with Gasteiger partial charge in [-0.15, -0.1) is 0 Å². The SMILES string of the molecule is COc1cccc(/C(O)=C2\C(=O)C(=O)N(c3cccc(NC(C)=O)c3)C2c2ccncc2)c1. The van der Waals surface area contributed by atoms with Gasteiger partial charge >= 0.3 is 0 Å². The summed E-state index contributed by atoms with van der Waals surface area (Å²) in [6, 6.07) is 15.7. The monoisotopic (exact) mass is 443 g/mol. The number of rotatable bonds is 5. The minimum absolute atomic E-state index is 0.0515. The van der Waals surface area contributed by atoms with E-state index in [0.717, 1.165) is 0 Å². The number of nitrogens with one attached hydrogen (secondary N) is 1. The minimum atomic E-state index is -0.897. The first-order valence-corrected chi connectivity index (χ1v) is 10.1. The molecule has 2 N–H and O–H groups in total. The van der Waals surface area contributed by atoms with E-state index in [0.29, 0.717) is 28.3 Å². The summed E-state index contributed by atoms with van der Waals surface area (Å²) < 4.78 is 5.22. The van der Waals surface area contributed by atoms with Crippen molar-refractivity contribution in [3.63, 3.8) is 0 Å². The van der Waals surface area contributed by atoms with Crippen LogP contribution in [0.4, 0.5) is 11.4 Å². The summed E-state index contributed by atoms with van der Waals surface area (Å²) in [5, 5.41) is 13.8. The van der Waals surface area contributed by atoms with Gasteiger partial charge in [-0.2, -0.15) is 0 Å². The molecule has 1 atom stereocenters. The van der Waals surface area contributed by atoms with E-state index in [2.05, 4.69) is 10.3 Å². The van der Waals surface area contributed by atoms with E-state index in [-0.39, 0.29) is 17.2 Å². The number of nitrogens with zero attached hydrogens (tertiary/aromatic N) is 2. The number of aromatic nitrogens is 1. The molecule has 0 spiro atoms. The van der Waals surface area contributed by atoms with E-state index < -0.39 is 17.7 Å². The highest BCUT2D eigenvalue weighted by Crippen LogP contribution is 2.42. The van der Waals surface area contributed by atoms with Crippen LogP contribution < -0.4 is 15.0 Å². The number of carbonyl (C=O) groups is 3. The summed E-state index contributed by atoms with van der Waals surface area (Å²) in [5.41, 5.74) is 1.76. The van der Waals surface area contributed by atoms with E-state index in [1.165, 1.54) is 18.9 Å². The summed E-state index contributed by atoms with van der Waals surface area (Å²) in [6.07, 6.45) is 3.10. The number of aliphatic hydroxyl groups is 1. The number of pyridine rings is 1. The Kier molecular flexibility index (Phi) is 5.91. The van der Waals surface area contributed by atoms with Crippen molar-refractivity contribution in [3.8, 4) is 5.75 Å². The largest absolute Gasteiger partial charge is 0.507 e. The number of methoxy groups -OCH3 is 1. The molecule has 3 aromatic rings. The molecule has 2 aromatic carbocycles. The highest BCUT2D eigenvalue weighted by molar-refractivity contribution is 6.51. The molecular formula is C25H21N3O5. The van der Waals surface area contributed by atoms with Crippen LogP contribution in [0.2, 0.25) is 0 Å². The predicted octanol–water partition coefficient (Wildman–Crippen LogP) is 3.67. The molecule has 0 radical (unpaired) electrons. The van der Waals surface area contributed by atoms with Gasteiger partial charge in [-0.05, 0) is 48.0 Å². The number of hydrogen-bond donors (Lipinski definition) is 2. The van der Waals surface area contributed by atoms with Crippen molar-refractivity contribution < 1.29 is 24.2 Å². The van der Waals surface area contributed by atoms with Crippen molar-refractivity contribution in [2.75, 3.05) is 17.3 Å². The van der Waals surface area contributed by atoms with Crippen LogP contribution in [-0.4, -0.2) is 34.8 Å². The number of benzene rings is 2. The van der Waals surface area contributed by atoms with Gasteiger partial charge in [0, 0.05) is 36.3 Å². The minimum Gasteiger partial charge on any atom is -0.507 e. The Balaban J connectivity index is 1.90. The average Bonchev–Trinajstić information content (AvgIpc) is 3.09. The molecule has 8 heteroatoms. The van der Waals surface area contributed by atoms with E-state index in [1.54, 1.807) is 73.1 Å². The number of hydrogen-bond acceptors (Lipinski definition) is 6. The third kappa shape index (κ3) is 4.18. The van der Waals surface area contributed by atoms with Crippen LogP contribution in [0, 0.1) is 0 Å². The van der Waals surface area contributed by atoms with Gasteiger partial charge in [-0.25, -0.2) is 0 Å². The zero-order valence-corrected chi connectivity index (χ0v) is 18.0. The maximum absolute atomic E-state index is 13.2. The van der Waals surface area contributed by atoms with Crippen LogP contribution in [-0.2, 0) is 14.4 Å². The van der Waals surface area contributed by atoms with Gasteiger partial charge in [0.05, 0.1) is 18.7 Å². The third-order valence-corrected chi connectivity index (χ3v) is 5.25. The molecule has 1 saturated heterocycles. The van der Waals surface area contributed by atoms with Crippen molar-refractivity contribution in [2.45, 2.75) is 13.0 Å². The molecule has 33 heavy (non-hydrogen) atoms. The number of ether oxygens (including phenoxy) is 1. The molecule has 4 rings (SSSR count). The molecule has 8 nitrogen and oxygen atoms in total. The summed E-state index contributed by atoms with van der Waals surface area (Å²) in [6.45, 7) is 1.38. The van der Waals surface area contributed by atoms with Crippen molar-refractivity contribution >= 4 is 34.7 Å². The molecular weight excluding hydrogens is 422 g/mol. The van der Waals surface area contributed by atoms with E-state index in [1.807, 2.05) is 0 Å². The predicted molar refractivity (Wildman–Crippen MR) is 123 cm³/mol. The second-order valence-corrected chi connectivity index (χ2v) is 7.41. The fraction of sp³-hybridized carbons (Fsp3) is 0.120. The second kappa shape index (κ2) is 8.96. The van der Waals surface area contributed by atoms with Crippen LogP contribution in [0.15, 0.2) is 78.6 Å². The molecule has 2 heterocycles. The molecule has 166 valence electrons. The molecule has 1 unspecified atom stereocenters. The fourth-order valence-electron chi connectivity index (χ4n) is 3.82. The van der Waals surface area contributed by atoms with Gasteiger partial charge < -0.3 is 15.2 Å². The molecule has 1 fully saturated rings. The van der Waals surface area contributed by atoms with Crippen LogP contribution in [0.3, 0.4) is 0 Å². The standard InChI is InChI=1S/C25H21N3O5/c1-15(29)27-18-6-4-7-19(14-18)28-22(16-9-11-26-12-10-16)21(24(31)25(28)32)23(30)17-5-3-8-20(13-17)33-2/h3-14,22,30H,1-2H3,(H,27,29)/b23-21+. The summed E-state index contributed by atoms with van der Waals surface area (Å²) >= 11 is 0. The average molecular weight is 443 g/mol. The lowest BCUT2D eigenvalue weighted by atomic mass is 9.95. The van der Waals surface area contributed by atoms with Gasteiger partial charge in [0.1, 0.15) is 11.5 Å². The maximum Gasteiger partial charge on any atom is 0.300 e. The molecule has 0 bridgehead atoms. The van der Waals surface area contributed by atoms with Gasteiger partial charge in [0.25, 0.3) is 11.7 Å². The Morgan fingerprint density at radius 3 is 2.48 bits per heavy atom. The summed E-state index contributed by atoms with van der Waals surface area (Å²) in [7, 11) is 1.50. The Bertz CT molecular complexity index is 1270. The van der Waals surface area contributed by atoms with E-state index >= 15 is 0 Å². The maximum atomic E-state index is 13.2. The van der Waals surface area contributed by atoms with Gasteiger partial charge in [0.2, 0.25) is 5.91 Å². The van der Waals surface area contributed by atoms with Crippen molar-refractivity contribution in [2.24, 2.45) is 0 Å². The second-order valence-electron chi connectivity index (χ2n) is 7.41. The first-order chi connectivity index (χ1) is 15.9. The van der Waals surface area contributed by atoms with E-state index in [9.17, 15) is 19.5 Å². The molecule has 1 aliphatic heterocycles. The van der Waals surface area contributed by atoms with Gasteiger partial charge in [-0.3, -0.25) is 24.3 Å². The summed E-state index contributed by atoms with van der Waals surface area (Å²) in [4.78, 5) is 43.2. The zero-order chi connectivity index (χ0) is 23.5. The Morgan fingerprint density at radius 1 is 1.06 bits per heavy atom. The third-order valence-electron chi connectivity index (χ3n) is 5.25. The van der Waals surface area contributed by atoms with Crippen molar-refractivity contribution in [1.82, 2.24) is 4.98 Å². The van der Waals surface area contributed by atoms with Crippen LogP contribution in [0.5, 0.6) is 5.75 Å². The number of amides is 2. The first-order valence-electron chi connectivity index (χ1n) is 10.1. The Hall–Kier alpha value is -4.46. The van der Waals surface area contributed by atoms with Crippen molar-refractivity contribution in [3.05, 3.63) is 89.8 Å². The number of Topliss-reactive ketones (excluding diaryl/α,β-unsaturated/α-hetero) is 1. The molecule has 2 amide bonds. The lowest BCUT2D eigenvalue weighted by molar-refractivity contribution is -0.132. The number of aliphatic hydroxyl groups excluding tert-OH is 1. The quantitative estimate of drug-likeness (QED) is 0.354. The Labute approximate surface area is 190 Å². The topological polar surface area (TPSA) is 109 Å². The smallest absolute Gasteiger partial charge is 0.300 e. The number of carbonyl (C=O) groups excluding carboxylic acids is 3. The molecule has 0 aliphatic carbocycles. The van der Waals surface area contributed by atoms with E-state index in [4.69, 9.17) is 4.74 Å². The lowest BCUT2D eigenvalue weighted by Crippen LogP contribution is -2.29. The first kappa shape index (κ1) is 21.8. The molecule has 0 saturated carbocycles. The van der Waals surface area contributed by atoms with Crippen LogP contribution >= 0.6 is 0 Å². The van der Waals surface area contributed by atoms with Crippen LogP contribution in [0.25, 0.3) is 5.76 Å². The molecule has 1 aliphatic rings. The fourth-order valence-corrected chi connectivity index (χ4v) is 3.82. The number of ketones is 1. The lowest BCUT2D eigenvalue weighted by Gasteiger charge is -2.25. The Morgan fingerprint density at radius 2 is 1.79 bits per heavy atom. The highest BCUT2D eigenvalue weighted by Gasteiger charge is 2.47. The van der Waals surface area contributed by atoms with Gasteiger partial charge in [0.15, 0.2) is 0 Å². The normalized spacial score (nSPS) is 17.2. The number of anilines is 2. The zero-order valence-electron chi connectivity index (χ0n) is 18.0. The highest BCUT2D eigenvalue weighted by atomic mass is 16.5.